The molecule has 1 aliphatic rings. The number of fused-ring (bicyclic) bond motifs is 2. The van der Waals surface area contributed by atoms with Crippen LogP contribution in [0.2, 0.25) is 0 Å². The summed E-state index contributed by atoms with van der Waals surface area (Å²) in [6, 6.07) is 12.7. The third-order valence-corrected chi connectivity index (χ3v) is 5.04. The largest absolute Gasteiger partial charge is 0.341 e. The molecule has 1 aromatic carbocycles. The SMILES string of the molecule is NC/C=C/CN(Cc1nc2ccccc2[nH]1)C1CCCc2cccnc21. The predicted molar refractivity (Wildman–Crippen MR) is 105 cm³/mol. The van der Waals surface area contributed by atoms with E-state index in [1.165, 1.54) is 17.7 Å². The number of pyridine rings is 1. The Morgan fingerprint density at radius 3 is 3.00 bits per heavy atom. The van der Waals surface area contributed by atoms with Gasteiger partial charge in [0, 0.05) is 19.3 Å². The summed E-state index contributed by atoms with van der Waals surface area (Å²) in [6.07, 6.45) is 9.53. The number of para-hydroxylation sites is 2. The average molecular weight is 347 g/mol. The number of H-pyrrole nitrogens is 1. The molecule has 26 heavy (non-hydrogen) atoms. The van der Waals surface area contributed by atoms with Crippen molar-refractivity contribution in [2.24, 2.45) is 5.73 Å². The number of nitrogens with two attached hydrogens (primary N) is 1. The number of aryl methyl sites for hydroxylation is 1. The summed E-state index contributed by atoms with van der Waals surface area (Å²) in [5.41, 5.74) is 10.3. The molecule has 0 fully saturated rings. The number of aromatic amines is 1. The van der Waals surface area contributed by atoms with Gasteiger partial charge in [-0.2, -0.15) is 0 Å². The predicted octanol–water partition coefficient (Wildman–Crippen LogP) is 3.35. The van der Waals surface area contributed by atoms with Crippen molar-refractivity contribution in [1.29, 1.82) is 0 Å². The van der Waals surface area contributed by atoms with Gasteiger partial charge in [0.25, 0.3) is 0 Å². The summed E-state index contributed by atoms with van der Waals surface area (Å²) < 4.78 is 0. The van der Waals surface area contributed by atoms with Gasteiger partial charge in [0.05, 0.1) is 29.3 Å². The van der Waals surface area contributed by atoms with E-state index in [-0.39, 0.29) is 0 Å². The minimum atomic E-state index is 0.315. The lowest BCUT2D eigenvalue weighted by atomic mass is 9.90. The van der Waals surface area contributed by atoms with Crippen LogP contribution in [0.5, 0.6) is 0 Å². The zero-order valence-electron chi connectivity index (χ0n) is 14.9. The van der Waals surface area contributed by atoms with Crippen molar-refractivity contribution in [3.63, 3.8) is 0 Å². The van der Waals surface area contributed by atoms with Crippen LogP contribution in [-0.2, 0) is 13.0 Å². The van der Waals surface area contributed by atoms with Gasteiger partial charge in [-0.1, -0.05) is 30.4 Å². The van der Waals surface area contributed by atoms with Crippen molar-refractivity contribution in [1.82, 2.24) is 19.9 Å². The van der Waals surface area contributed by atoms with Crippen LogP contribution in [0.3, 0.4) is 0 Å². The van der Waals surface area contributed by atoms with Gasteiger partial charge in [-0.15, -0.1) is 0 Å². The second-order valence-corrected chi connectivity index (χ2v) is 6.79. The molecule has 0 bridgehead atoms. The van der Waals surface area contributed by atoms with Gasteiger partial charge in [-0.3, -0.25) is 9.88 Å². The maximum Gasteiger partial charge on any atom is 0.121 e. The third kappa shape index (κ3) is 3.54. The molecule has 3 aromatic rings. The highest BCUT2D eigenvalue weighted by atomic mass is 15.2. The van der Waals surface area contributed by atoms with Crippen LogP contribution in [-0.4, -0.2) is 32.9 Å². The highest BCUT2D eigenvalue weighted by molar-refractivity contribution is 5.74. The van der Waals surface area contributed by atoms with E-state index < -0.39 is 0 Å². The first kappa shape index (κ1) is 16.9. The zero-order chi connectivity index (χ0) is 17.8. The third-order valence-electron chi connectivity index (χ3n) is 5.04. The van der Waals surface area contributed by atoms with Crippen molar-refractivity contribution in [2.75, 3.05) is 13.1 Å². The van der Waals surface area contributed by atoms with Crippen LogP contribution in [0.15, 0.2) is 54.7 Å². The Bertz CT molecular complexity index is 865. The maximum atomic E-state index is 5.64. The lowest BCUT2D eigenvalue weighted by Crippen LogP contribution is -2.32. The smallest absolute Gasteiger partial charge is 0.121 e. The van der Waals surface area contributed by atoms with Gasteiger partial charge >= 0.3 is 0 Å². The summed E-state index contributed by atoms with van der Waals surface area (Å²) in [5.74, 6) is 0.996. The Kier molecular flexibility index (Phi) is 5.09. The minimum Gasteiger partial charge on any atom is -0.341 e. The van der Waals surface area contributed by atoms with E-state index in [0.29, 0.717) is 12.6 Å². The number of benzene rings is 1. The standard InChI is InChI=1S/C21H25N5/c22-12-3-4-14-26(15-20-24-17-9-1-2-10-18(17)25-20)19-11-5-7-16-8-6-13-23-21(16)19/h1-4,6,8-10,13,19H,5,7,11-12,14-15,22H2,(H,24,25)/b4-3+. The number of nitrogens with zero attached hydrogens (tertiary/aromatic N) is 3. The molecule has 4 rings (SSSR count). The fourth-order valence-corrected chi connectivity index (χ4v) is 3.82. The van der Waals surface area contributed by atoms with Crippen molar-refractivity contribution in [3.8, 4) is 0 Å². The summed E-state index contributed by atoms with van der Waals surface area (Å²) in [5, 5.41) is 0. The molecule has 0 aliphatic heterocycles. The molecular formula is C21H25N5. The van der Waals surface area contributed by atoms with E-state index >= 15 is 0 Å². The minimum absolute atomic E-state index is 0.315. The van der Waals surface area contributed by atoms with Gasteiger partial charge < -0.3 is 10.7 Å². The number of hydrogen-bond donors (Lipinski definition) is 2. The van der Waals surface area contributed by atoms with Gasteiger partial charge in [0.15, 0.2) is 0 Å². The summed E-state index contributed by atoms with van der Waals surface area (Å²) in [6.45, 7) is 2.18. The lowest BCUT2D eigenvalue weighted by molar-refractivity contribution is 0.181. The first-order valence-electron chi connectivity index (χ1n) is 9.31. The van der Waals surface area contributed by atoms with Crippen LogP contribution in [0.1, 0.15) is 36.0 Å². The van der Waals surface area contributed by atoms with Crippen molar-refractivity contribution >= 4 is 11.0 Å². The van der Waals surface area contributed by atoms with E-state index in [1.54, 1.807) is 0 Å². The molecule has 0 amide bonds. The maximum absolute atomic E-state index is 5.64. The highest BCUT2D eigenvalue weighted by Crippen LogP contribution is 2.33. The Morgan fingerprint density at radius 1 is 1.19 bits per heavy atom. The summed E-state index contributed by atoms with van der Waals surface area (Å²) >= 11 is 0. The molecule has 0 spiro atoms. The number of aromatic nitrogens is 3. The van der Waals surface area contributed by atoms with Crippen molar-refractivity contribution < 1.29 is 0 Å². The van der Waals surface area contributed by atoms with Crippen molar-refractivity contribution in [3.05, 3.63) is 71.8 Å². The molecule has 1 atom stereocenters. The fraction of sp³-hybridized carbons (Fsp3) is 0.333. The molecular weight excluding hydrogens is 322 g/mol. The lowest BCUT2D eigenvalue weighted by Gasteiger charge is -2.33. The normalized spacial score (nSPS) is 17.2. The number of rotatable bonds is 6. The van der Waals surface area contributed by atoms with Gasteiger partial charge in [-0.05, 0) is 43.0 Å². The first-order chi connectivity index (χ1) is 12.8. The van der Waals surface area contributed by atoms with Gasteiger partial charge in [-0.25, -0.2) is 4.98 Å². The molecule has 1 aliphatic carbocycles. The van der Waals surface area contributed by atoms with Crippen LogP contribution in [0.4, 0.5) is 0 Å². The molecule has 3 N–H and O–H groups in total. The average Bonchev–Trinajstić information content (AvgIpc) is 3.09. The van der Waals surface area contributed by atoms with E-state index in [2.05, 4.69) is 28.1 Å². The molecule has 5 nitrogen and oxygen atoms in total. The first-order valence-corrected chi connectivity index (χ1v) is 9.31. The molecule has 1 unspecified atom stereocenters. The summed E-state index contributed by atoms with van der Waals surface area (Å²) in [4.78, 5) is 15.4. The van der Waals surface area contributed by atoms with Crippen LogP contribution >= 0.6 is 0 Å². The number of hydrogen-bond acceptors (Lipinski definition) is 4. The number of nitrogens with one attached hydrogen (secondary N) is 1. The van der Waals surface area contributed by atoms with E-state index in [4.69, 9.17) is 15.7 Å². The van der Waals surface area contributed by atoms with Gasteiger partial charge in [0.1, 0.15) is 5.82 Å². The monoisotopic (exact) mass is 347 g/mol. The van der Waals surface area contributed by atoms with Crippen LogP contribution in [0.25, 0.3) is 11.0 Å². The van der Waals surface area contributed by atoms with Gasteiger partial charge in [0.2, 0.25) is 0 Å². The van der Waals surface area contributed by atoms with Crippen LogP contribution in [0, 0.1) is 0 Å². The quantitative estimate of drug-likeness (QED) is 0.671. The fourth-order valence-electron chi connectivity index (χ4n) is 3.82. The highest BCUT2D eigenvalue weighted by Gasteiger charge is 2.27. The van der Waals surface area contributed by atoms with Crippen LogP contribution < -0.4 is 5.73 Å². The Hall–Kier alpha value is -2.50. The molecule has 0 saturated carbocycles. The van der Waals surface area contributed by atoms with E-state index in [9.17, 15) is 0 Å². The second kappa shape index (κ2) is 7.81. The molecule has 2 heterocycles. The second-order valence-electron chi connectivity index (χ2n) is 6.79. The Balaban J connectivity index is 1.63. The molecule has 2 aromatic heterocycles. The number of imidazole rings is 1. The molecule has 5 heteroatoms. The van der Waals surface area contributed by atoms with E-state index in [1.807, 2.05) is 36.5 Å². The Morgan fingerprint density at radius 2 is 2.12 bits per heavy atom. The summed E-state index contributed by atoms with van der Waals surface area (Å²) in [7, 11) is 0. The molecule has 0 radical (unpaired) electrons. The van der Waals surface area contributed by atoms with E-state index in [0.717, 1.165) is 42.8 Å². The van der Waals surface area contributed by atoms with Crippen molar-refractivity contribution in [2.45, 2.75) is 31.8 Å². The Labute approximate surface area is 154 Å². The molecule has 0 saturated heterocycles. The topological polar surface area (TPSA) is 70.8 Å². The molecule has 134 valence electrons. The zero-order valence-corrected chi connectivity index (χ0v) is 14.9.